The van der Waals surface area contributed by atoms with Crippen LogP contribution in [0.3, 0.4) is 0 Å². The summed E-state index contributed by atoms with van der Waals surface area (Å²) in [7, 11) is 0. The average Bonchev–Trinajstić information content (AvgIpc) is 2.93. The Morgan fingerprint density at radius 2 is 1.95 bits per heavy atom. The van der Waals surface area contributed by atoms with Gasteiger partial charge in [0.25, 0.3) is 0 Å². The molecule has 0 saturated carbocycles. The van der Waals surface area contributed by atoms with Crippen LogP contribution >= 0.6 is 0 Å². The van der Waals surface area contributed by atoms with E-state index in [4.69, 9.17) is 10.5 Å². The summed E-state index contributed by atoms with van der Waals surface area (Å²) < 4.78 is 57.5. The highest BCUT2D eigenvalue weighted by Gasteiger charge is 2.43. The van der Waals surface area contributed by atoms with E-state index in [9.17, 15) is 22.4 Å². The molecule has 4 nitrogen and oxygen atoms in total. The SMILES string of the molecule is NC[C@H]1CC[C@@H](C(=O)NC(c2ccc(F)cc2)C(F)(F)F)O1. The van der Waals surface area contributed by atoms with E-state index in [1.807, 2.05) is 5.32 Å². The molecule has 0 radical (unpaired) electrons. The van der Waals surface area contributed by atoms with E-state index in [1.54, 1.807) is 0 Å². The highest BCUT2D eigenvalue weighted by atomic mass is 19.4. The van der Waals surface area contributed by atoms with Gasteiger partial charge in [0.15, 0.2) is 6.04 Å². The second kappa shape index (κ2) is 6.62. The lowest BCUT2D eigenvalue weighted by Gasteiger charge is -2.23. The molecular formula is C14H16F4N2O2. The molecule has 2 rings (SSSR count). The second-order valence-corrected chi connectivity index (χ2v) is 5.09. The fraction of sp³-hybridized carbons (Fsp3) is 0.500. The van der Waals surface area contributed by atoms with Crippen LogP contribution in [0.2, 0.25) is 0 Å². The minimum atomic E-state index is -4.70. The van der Waals surface area contributed by atoms with Crippen molar-refractivity contribution in [2.24, 2.45) is 5.73 Å². The van der Waals surface area contributed by atoms with Crippen LogP contribution in [0.1, 0.15) is 24.4 Å². The Labute approximate surface area is 124 Å². The summed E-state index contributed by atoms with van der Waals surface area (Å²) >= 11 is 0. The van der Waals surface area contributed by atoms with Gasteiger partial charge in [-0.05, 0) is 30.5 Å². The maximum atomic E-state index is 13.1. The molecule has 3 atom stereocenters. The van der Waals surface area contributed by atoms with Crippen LogP contribution < -0.4 is 11.1 Å². The van der Waals surface area contributed by atoms with Crippen LogP contribution in [0, 0.1) is 5.82 Å². The average molecular weight is 320 g/mol. The van der Waals surface area contributed by atoms with Crippen LogP contribution in [-0.4, -0.2) is 30.8 Å². The van der Waals surface area contributed by atoms with Crippen molar-refractivity contribution in [1.82, 2.24) is 5.32 Å². The largest absolute Gasteiger partial charge is 0.412 e. The number of nitrogens with one attached hydrogen (secondary N) is 1. The molecule has 22 heavy (non-hydrogen) atoms. The van der Waals surface area contributed by atoms with Gasteiger partial charge in [0.05, 0.1) is 6.10 Å². The predicted molar refractivity (Wildman–Crippen MR) is 70.3 cm³/mol. The second-order valence-electron chi connectivity index (χ2n) is 5.09. The van der Waals surface area contributed by atoms with Crippen molar-refractivity contribution in [1.29, 1.82) is 0 Å². The van der Waals surface area contributed by atoms with Gasteiger partial charge in [-0.25, -0.2) is 4.39 Å². The van der Waals surface area contributed by atoms with E-state index in [1.165, 1.54) is 0 Å². The van der Waals surface area contributed by atoms with Gasteiger partial charge in [0, 0.05) is 6.54 Å². The molecule has 1 aromatic carbocycles. The molecule has 1 heterocycles. The Morgan fingerprint density at radius 3 is 2.45 bits per heavy atom. The van der Waals surface area contributed by atoms with Crippen molar-refractivity contribution in [3.63, 3.8) is 0 Å². The summed E-state index contributed by atoms with van der Waals surface area (Å²) in [6.07, 6.45) is -5.10. The molecule has 1 saturated heterocycles. The van der Waals surface area contributed by atoms with Crippen molar-refractivity contribution in [3.8, 4) is 0 Å². The highest BCUT2D eigenvalue weighted by Crippen LogP contribution is 2.33. The first-order valence-corrected chi connectivity index (χ1v) is 6.79. The van der Waals surface area contributed by atoms with Gasteiger partial charge in [-0.3, -0.25) is 4.79 Å². The Bertz CT molecular complexity index is 519. The standard InChI is InChI=1S/C14H16F4N2O2/c15-9-3-1-8(2-4-9)12(14(16,17)18)20-13(21)11-6-5-10(7-19)22-11/h1-4,10-12H,5-7,19H2,(H,20,21)/t10-,11+,12?/m1/s1. The normalized spacial score (nSPS) is 23.3. The topological polar surface area (TPSA) is 64.4 Å². The molecular weight excluding hydrogens is 304 g/mol. The maximum Gasteiger partial charge on any atom is 0.412 e. The molecule has 3 N–H and O–H groups in total. The van der Waals surface area contributed by atoms with Gasteiger partial charge < -0.3 is 15.8 Å². The minimum Gasteiger partial charge on any atom is -0.364 e. The van der Waals surface area contributed by atoms with Crippen LogP contribution in [0.4, 0.5) is 17.6 Å². The van der Waals surface area contributed by atoms with Crippen LogP contribution in [-0.2, 0) is 9.53 Å². The zero-order chi connectivity index (χ0) is 16.3. The number of nitrogens with two attached hydrogens (primary N) is 1. The molecule has 0 bridgehead atoms. The fourth-order valence-electron chi connectivity index (χ4n) is 2.32. The number of halogens is 4. The molecule has 122 valence electrons. The van der Waals surface area contributed by atoms with Crippen LogP contribution in [0.25, 0.3) is 0 Å². The summed E-state index contributed by atoms with van der Waals surface area (Å²) in [5, 5.41) is 1.93. The first-order chi connectivity index (χ1) is 10.3. The van der Waals surface area contributed by atoms with Gasteiger partial charge in [0.1, 0.15) is 11.9 Å². The highest BCUT2D eigenvalue weighted by molar-refractivity contribution is 5.81. The number of benzene rings is 1. The third-order valence-corrected chi connectivity index (χ3v) is 3.48. The van der Waals surface area contributed by atoms with Gasteiger partial charge in [0.2, 0.25) is 5.91 Å². The molecule has 0 aliphatic carbocycles. The quantitative estimate of drug-likeness (QED) is 0.835. The number of carbonyl (C=O) groups excluding carboxylic acids is 1. The molecule has 1 aliphatic heterocycles. The molecule has 1 amide bonds. The number of ether oxygens (including phenoxy) is 1. The number of hydrogen-bond donors (Lipinski definition) is 2. The van der Waals surface area contributed by atoms with Gasteiger partial charge in [-0.15, -0.1) is 0 Å². The Hall–Kier alpha value is -1.67. The van der Waals surface area contributed by atoms with Crippen LogP contribution in [0.5, 0.6) is 0 Å². The lowest BCUT2D eigenvalue weighted by atomic mass is 10.1. The van der Waals surface area contributed by atoms with E-state index in [0.29, 0.717) is 12.8 Å². The van der Waals surface area contributed by atoms with Gasteiger partial charge in [-0.2, -0.15) is 13.2 Å². The Balaban J connectivity index is 2.11. The molecule has 0 spiro atoms. The molecule has 0 aromatic heterocycles. The molecule has 1 aliphatic rings. The summed E-state index contributed by atoms with van der Waals surface area (Å²) in [4.78, 5) is 12.0. The fourth-order valence-corrected chi connectivity index (χ4v) is 2.32. The van der Waals surface area contributed by atoms with Gasteiger partial charge >= 0.3 is 6.18 Å². The lowest BCUT2D eigenvalue weighted by Crippen LogP contribution is -2.43. The summed E-state index contributed by atoms with van der Waals surface area (Å²) in [5.41, 5.74) is 5.16. The summed E-state index contributed by atoms with van der Waals surface area (Å²) in [5.74, 6) is -1.50. The zero-order valence-electron chi connectivity index (χ0n) is 11.6. The number of alkyl halides is 3. The predicted octanol–water partition coefficient (Wildman–Crippen LogP) is 2.05. The third kappa shape index (κ3) is 3.95. The smallest absolute Gasteiger partial charge is 0.364 e. The van der Waals surface area contributed by atoms with Crippen molar-refractivity contribution in [2.45, 2.75) is 37.3 Å². The van der Waals surface area contributed by atoms with E-state index in [2.05, 4.69) is 0 Å². The third-order valence-electron chi connectivity index (χ3n) is 3.48. The molecule has 1 aromatic rings. The minimum absolute atomic E-state index is 0.213. The summed E-state index contributed by atoms with van der Waals surface area (Å²) in [6.45, 7) is 0.213. The van der Waals surface area contributed by atoms with Crippen molar-refractivity contribution >= 4 is 5.91 Å². The van der Waals surface area contributed by atoms with Crippen molar-refractivity contribution in [2.75, 3.05) is 6.54 Å². The number of hydrogen-bond acceptors (Lipinski definition) is 3. The van der Waals surface area contributed by atoms with Crippen molar-refractivity contribution in [3.05, 3.63) is 35.6 Å². The molecule has 1 unspecified atom stereocenters. The molecule has 1 fully saturated rings. The van der Waals surface area contributed by atoms with E-state index in [-0.39, 0.29) is 18.2 Å². The first-order valence-electron chi connectivity index (χ1n) is 6.79. The van der Waals surface area contributed by atoms with Crippen molar-refractivity contribution < 1.29 is 27.1 Å². The van der Waals surface area contributed by atoms with E-state index < -0.39 is 30.0 Å². The maximum absolute atomic E-state index is 13.1. The number of amides is 1. The zero-order valence-corrected chi connectivity index (χ0v) is 11.6. The van der Waals surface area contributed by atoms with E-state index in [0.717, 1.165) is 24.3 Å². The number of rotatable bonds is 4. The Morgan fingerprint density at radius 1 is 1.32 bits per heavy atom. The van der Waals surface area contributed by atoms with Crippen LogP contribution in [0.15, 0.2) is 24.3 Å². The Kier molecular flexibility index (Phi) is 5.02. The van der Waals surface area contributed by atoms with Gasteiger partial charge in [-0.1, -0.05) is 12.1 Å². The van der Waals surface area contributed by atoms with E-state index >= 15 is 0 Å². The lowest BCUT2D eigenvalue weighted by molar-refractivity contribution is -0.166. The monoisotopic (exact) mass is 320 g/mol. The first kappa shape index (κ1) is 16.7. The summed E-state index contributed by atoms with van der Waals surface area (Å²) in [6, 6.07) is 1.60. The number of carbonyl (C=O) groups is 1. The molecule has 8 heteroatoms.